The lowest BCUT2D eigenvalue weighted by Crippen LogP contribution is -2.01. The molecule has 1 rings (SSSR count). The van der Waals surface area contributed by atoms with Gasteiger partial charge in [-0.2, -0.15) is 5.26 Å². The molecule has 0 N–H and O–H groups in total. The third kappa shape index (κ3) is 2.07. The number of carbonyl (C=O) groups is 1. The van der Waals surface area contributed by atoms with Crippen molar-refractivity contribution in [3.63, 3.8) is 0 Å². The number of aldehydes is 1. The summed E-state index contributed by atoms with van der Waals surface area (Å²) in [5.41, 5.74) is -1.09. The maximum absolute atomic E-state index is 12.5. The summed E-state index contributed by atoms with van der Waals surface area (Å²) in [6, 6.07) is 2.44. The highest BCUT2D eigenvalue weighted by Gasteiger charge is 2.19. The predicted octanol–water partition coefficient (Wildman–Crippen LogP) is 1.71. The average Bonchev–Trinajstić information content (AvgIpc) is 2.26. The summed E-state index contributed by atoms with van der Waals surface area (Å²) in [5.74, 6) is -0.266. The topological polar surface area (TPSA) is 63.0 Å². The van der Waals surface area contributed by atoms with Gasteiger partial charge in [-0.15, -0.1) is 0 Å². The number of aromatic nitrogens is 1. The van der Waals surface area contributed by atoms with Gasteiger partial charge in [0.25, 0.3) is 6.43 Å². The highest BCUT2D eigenvalue weighted by Crippen LogP contribution is 2.28. The van der Waals surface area contributed by atoms with E-state index in [1.807, 2.05) is 0 Å². The van der Waals surface area contributed by atoms with E-state index in [0.717, 1.165) is 6.07 Å². The molecule has 4 nitrogen and oxygen atoms in total. The van der Waals surface area contributed by atoms with Gasteiger partial charge in [0.2, 0.25) is 5.88 Å². The number of halogens is 2. The normalized spacial score (nSPS) is 9.80. The molecule has 0 aliphatic rings. The van der Waals surface area contributed by atoms with Crippen LogP contribution < -0.4 is 4.74 Å². The quantitative estimate of drug-likeness (QED) is 0.715. The second kappa shape index (κ2) is 4.46. The van der Waals surface area contributed by atoms with E-state index in [4.69, 9.17) is 5.26 Å². The summed E-state index contributed by atoms with van der Waals surface area (Å²) < 4.78 is 29.6. The smallest absolute Gasteiger partial charge is 0.265 e. The maximum Gasteiger partial charge on any atom is 0.265 e. The fourth-order valence-electron chi connectivity index (χ4n) is 1.05. The Morgan fingerprint density at radius 3 is 2.73 bits per heavy atom. The molecule has 0 radical (unpaired) electrons. The molecule has 78 valence electrons. The molecule has 0 bridgehead atoms. The average molecular weight is 212 g/mol. The first-order valence-corrected chi connectivity index (χ1v) is 3.86. The van der Waals surface area contributed by atoms with Crippen LogP contribution in [0.3, 0.4) is 0 Å². The summed E-state index contributed by atoms with van der Waals surface area (Å²) in [7, 11) is 1.19. The summed E-state index contributed by atoms with van der Waals surface area (Å²) in [5, 5.41) is 8.65. The van der Waals surface area contributed by atoms with Crippen molar-refractivity contribution in [2.75, 3.05) is 7.11 Å². The number of hydrogen-bond donors (Lipinski definition) is 0. The van der Waals surface area contributed by atoms with Gasteiger partial charge in [0, 0.05) is 5.56 Å². The van der Waals surface area contributed by atoms with Gasteiger partial charge in [0.1, 0.15) is 17.3 Å². The number of alkyl halides is 2. The lowest BCUT2D eigenvalue weighted by atomic mass is 10.1. The maximum atomic E-state index is 12.5. The fourth-order valence-corrected chi connectivity index (χ4v) is 1.05. The Hall–Kier alpha value is -2.03. The van der Waals surface area contributed by atoms with E-state index < -0.39 is 12.0 Å². The summed E-state index contributed by atoms with van der Waals surface area (Å²) in [6.07, 6.45) is -2.54. The highest BCUT2D eigenvalue weighted by atomic mass is 19.3. The van der Waals surface area contributed by atoms with Gasteiger partial charge >= 0.3 is 0 Å². The third-order valence-electron chi connectivity index (χ3n) is 1.70. The first-order chi connectivity index (χ1) is 7.13. The molecule has 0 saturated heterocycles. The molecule has 1 aromatic rings. The van der Waals surface area contributed by atoms with Crippen molar-refractivity contribution >= 4 is 6.29 Å². The molecule has 1 aromatic heterocycles. The molecule has 0 amide bonds. The van der Waals surface area contributed by atoms with E-state index in [-0.39, 0.29) is 17.1 Å². The summed E-state index contributed by atoms with van der Waals surface area (Å²) in [4.78, 5) is 14.0. The zero-order chi connectivity index (χ0) is 11.4. The Kier molecular flexibility index (Phi) is 3.29. The van der Waals surface area contributed by atoms with Crippen LogP contribution >= 0.6 is 0 Å². The van der Waals surface area contributed by atoms with Gasteiger partial charge in [-0.05, 0) is 6.07 Å². The zero-order valence-corrected chi connectivity index (χ0v) is 7.70. The lowest BCUT2D eigenvalue weighted by molar-refractivity contribution is 0.111. The van der Waals surface area contributed by atoms with Crippen molar-refractivity contribution in [1.82, 2.24) is 4.98 Å². The molecular formula is C9H6F2N2O2. The largest absolute Gasteiger partial charge is 0.480 e. The van der Waals surface area contributed by atoms with Gasteiger partial charge in [-0.1, -0.05) is 0 Å². The number of nitriles is 1. The second-order valence-electron chi connectivity index (χ2n) is 2.55. The molecule has 0 aliphatic heterocycles. The van der Waals surface area contributed by atoms with Crippen LogP contribution in [0.5, 0.6) is 5.88 Å². The number of nitrogens with zero attached hydrogens (tertiary/aromatic N) is 2. The van der Waals surface area contributed by atoms with Crippen LogP contribution in [-0.4, -0.2) is 18.4 Å². The molecule has 0 atom stereocenters. The Labute approximate surface area is 84.1 Å². The number of carbonyl (C=O) groups excluding carboxylic acids is 1. The minimum Gasteiger partial charge on any atom is -0.480 e. The summed E-state index contributed by atoms with van der Waals surface area (Å²) >= 11 is 0. The fraction of sp³-hybridized carbons (Fsp3) is 0.222. The predicted molar refractivity (Wildman–Crippen MR) is 45.8 cm³/mol. The van der Waals surface area contributed by atoms with E-state index in [1.165, 1.54) is 7.11 Å². The second-order valence-corrected chi connectivity index (χ2v) is 2.55. The van der Waals surface area contributed by atoms with Crippen LogP contribution in [0, 0.1) is 11.3 Å². The Bertz CT molecular complexity index is 427. The lowest BCUT2D eigenvalue weighted by Gasteiger charge is -2.07. The number of hydrogen-bond acceptors (Lipinski definition) is 4. The number of ether oxygens (including phenoxy) is 1. The van der Waals surface area contributed by atoms with Crippen LogP contribution in [-0.2, 0) is 0 Å². The number of pyridine rings is 1. The van der Waals surface area contributed by atoms with Crippen LogP contribution in [0.1, 0.15) is 28.0 Å². The van der Waals surface area contributed by atoms with Crippen LogP contribution in [0.4, 0.5) is 8.78 Å². The molecular weight excluding hydrogens is 206 g/mol. The van der Waals surface area contributed by atoms with E-state index in [2.05, 4.69) is 9.72 Å². The van der Waals surface area contributed by atoms with Crippen molar-refractivity contribution in [2.24, 2.45) is 0 Å². The molecule has 0 aromatic carbocycles. The van der Waals surface area contributed by atoms with Crippen LogP contribution in [0.2, 0.25) is 0 Å². The first-order valence-electron chi connectivity index (χ1n) is 3.86. The van der Waals surface area contributed by atoms with Crippen molar-refractivity contribution in [3.8, 4) is 11.9 Å². The number of methoxy groups -OCH3 is 1. The number of rotatable bonds is 3. The van der Waals surface area contributed by atoms with Crippen molar-refractivity contribution in [2.45, 2.75) is 6.43 Å². The molecule has 0 unspecified atom stereocenters. The van der Waals surface area contributed by atoms with Crippen molar-refractivity contribution in [1.29, 1.82) is 5.26 Å². The van der Waals surface area contributed by atoms with Gasteiger partial charge in [-0.25, -0.2) is 13.8 Å². The molecule has 0 saturated carbocycles. The van der Waals surface area contributed by atoms with E-state index >= 15 is 0 Å². The van der Waals surface area contributed by atoms with Crippen LogP contribution in [0.15, 0.2) is 6.07 Å². The van der Waals surface area contributed by atoms with E-state index in [9.17, 15) is 13.6 Å². The van der Waals surface area contributed by atoms with E-state index in [1.54, 1.807) is 6.07 Å². The first kappa shape index (κ1) is 11.0. The Balaban J connectivity index is 3.47. The molecule has 0 spiro atoms. The minimum absolute atomic E-state index is 0.193. The minimum atomic E-state index is -2.85. The van der Waals surface area contributed by atoms with Gasteiger partial charge in [-0.3, -0.25) is 4.79 Å². The Morgan fingerprint density at radius 1 is 1.67 bits per heavy atom. The van der Waals surface area contributed by atoms with Gasteiger partial charge < -0.3 is 4.74 Å². The monoisotopic (exact) mass is 212 g/mol. The van der Waals surface area contributed by atoms with Gasteiger partial charge in [0.05, 0.1) is 7.11 Å². The van der Waals surface area contributed by atoms with Crippen molar-refractivity contribution < 1.29 is 18.3 Å². The summed E-state index contributed by atoms with van der Waals surface area (Å²) in [6.45, 7) is 0. The van der Waals surface area contributed by atoms with E-state index in [0.29, 0.717) is 6.29 Å². The standard InChI is InChI=1S/C9H6F2N2O2/c1-15-9-7(3-12)6(8(10)11)2-5(4-14)13-9/h2,4,8H,1H3. The molecule has 15 heavy (non-hydrogen) atoms. The Morgan fingerprint density at radius 2 is 2.33 bits per heavy atom. The van der Waals surface area contributed by atoms with Crippen LogP contribution in [0.25, 0.3) is 0 Å². The molecule has 6 heteroatoms. The third-order valence-corrected chi connectivity index (χ3v) is 1.70. The SMILES string of the molecule is COc1nc(C=O)cc(C(F)F)c1C#N. The highest BCUT2D eigenvalue weighted by molar-refractivity contribution is 5.73. The zero-order valence-electron chi connectivity index (χ0n) is 7.70. The van der Waals surface area contributed by atoms with Gasteiger partial charge in [0.15, 0.2) is 6.29 Å². The molecule has 0 aliphatic carbocycles. The molecule has 1 heterocycles. The molecule has 0 fully saturated rings. The van der Waals surface area contributed by atoms with Crippen molar-refractivity contribution in [3.05, 3.63) is 22.9 Å².